The third kappa shape index (κ3) is 2.56. The Bertz CT molecular complexity index is 1170. The highest BCUT2D eigenvalue weighted by Crippen LogP contribution is 2.47. The molecule has 28 heavy (non-hydrogen) atoms. The van der Waals surface area contributed by atoms with Gasteiger partial charge in [-0.15, -0.1) is 0 Å². The normalized spacial score (nSPS) is 17.8. The predicted molar refractivity (Wildman–Crippen MR) is 111 cm³/mol. The van der Waals surface area contributed by atoms with Crippen molar-refractivity contribution in [2.45, 2.75) is 26.7 Å². The van der Waals surface area contributed by atoms with Gasteiger partial charge in [-0.1, -0.05) is 59.7 Å². The number of carbonyl (C=O) groups is 1. The Labute approximate surface area is 164 Å². The van der Waals surface area contributed by atoms with Crippen LogP contribution in [0.15, 0.2) is 60.7 Å². The molecule has 0 saturated heterocycles. The van der Waals surface area contributed by atoms with Crippen molar-refractivity contribution in [3.8, 4) is 0 Å². The quantitative estimate of drug-likeness (QED) is 0.545. The van der Waals surface area contributed by atoms with Crippen LogP contribution in [-0.2, 0) is 12.8 Å². The minimum absolute atomic E-state index is 0.164. The maximum absolute atomic E-state index is 14.7. The number of carbonyl (C=O) groups excluding carboxylic acids is 1. The molecule has 1 nitrogen and oxygen atoms in total. The molecule has 2 heteroatoms. The van der Waals surface area contributed by atoms with Crippen LogP contribution in [-0.4, -0.2) is 5.78 Å². The molecule has 3 aromatic carbocycles. The number of fused-ring (bicyclic) bond motifs is 2. The van der Waals surface area contributed by atoms with Gasteiger partial charge in [-0.3, -0.25) is 4.79 Å². The van der Waals surface area contributed by atoms with Gasteiger partial charge in [-0.05, 0) is 66.7 Å². The molecular weight excluding hydrogens is 347 g/mol. The monoisotopic (exact) mass is 368 g/mol. The molecule has 0 N–H and O–H groups in total. The van der Waals surface area contributed by atoms with Crippen molar-refractivity contribution in [2.24, 2.45) is 5.92 Å². The smallest absolute Gasteiger partial charge is 0.170 e. The highest BCUT2D eigenvalue weighted by molar-refractivity contribution is 6.14. The standard InChI is InChI=1S/C26H21FO/c1-15-7-9-17-13-22(19-5-3-4-6-24(19)27)25(20(17)11-15)23-14-18-10-8-16(2)12-21(18)26(23)28/h3-12,23H,13-14H2,1-2H3. The van der Waals surface area contributed by atoms with Crippen molar-refractivity contribution in [2.75, 3.05) is 0 Å². The molecule has 0 heterocycles. The number of allylic oxidation sites excluding steroid dienone is 2. The fourth-order valence-electron chi connectivity index (χ4n) is 4.72. The van der Waals surface area contributed by atoms with Crippen molar-refractivity contribution in [3.05, 3.63) is 105 Å². The van der Waals surface area contributed by atoms with Gasteiger partial charge >= 0.3 is 0 Å². The van der Waals surface area contributed by atoms with Crippen molar-refractivity contribution < 1.29 is 9.18 Å². The SMILES string of the molecule is Cc1ccc2c(c1)C(=O)C(C1=C(c3ccccc3F)Cc3ccc(C)cc31)C2. The Morgan fingerprint density at radius 1 is 0.821 bits per heavy atom. The lowest BCUT2D eigenvalue weighted by molar-refractivity contribution is 0.0964. The van der Waals surface area contributed by atoms with E-state index in [-0.39, 0.29) is 17.5 Å². The van der Waals surface area contributed by atoms with Gasteiger partial charge in [0.15, 0.2) is 5.78 Å². The number of halogens is 1. The van der Waals surface area contributed by atoms with Crippen molar-refractivity contribution >= 4 is 16.9 Å². The van der Waals surface area contributed by atoms with Gasteiger partial charge in [0.1, 0.15) is 5.82 Å². The third-order valence-corrected chi connectivity index (χ3v) is 6.07. The lowest BCUT2D eigenvalue weighted by atomic mass is 9.86. The number of hydrogen-bond donors (Lipinski definition) is 0. The minimum atomic E-state index is -0.241. The summed E-state index contributed by atoms with van der Waals surface area (Å²) in [5, 5.41) is 0. The van der Waals surface area contributed by atoms with Gasteiger partial charge in [-0.2, -0.15) is 0 Å². The Kier molecular flexibility index (Phi) is 3.83. The molecule has 1 atom stereocenters. The van der Waals surface area contributed by atoms with E-state index in [0.29, 0.717) is 18.4 Å². The second kappa shape index (κ2) is 6.27. The van der Waals surface area contributed by atoms with Gasteiger partial charge in [0.25, 0.3) is 0 Å². The lowest BCUT2D eigenvalue weighted by Gasteiger charge is -2.16. The topological polar surface area (TPSA) is 17.1 Å². The number of ketones is 1. The summed E-state index contributed by atoms with van der Waals surface area (Å²) in [4.78, 5) is 13.4. The fourth-order valence-corrected chi connectivity index (χ4v) is 4.72. The molecule has 0 bridgehead atoms. The molecule has 0 amide bonds. The van der Waals surface area contributed by atoms with Gasteiger partial charge in [-0.25, -0.2) is 4.39 Å². The van der Waals surface area contributed by atoms with Crippen LogP contribution in [0.5, 0.6) is 0 Å². The van der Waals surface area contributed by atoms with Crippen LogP contribution in [0.3, 0.4) is 0 Å². The average Bonchev–Trinajstić information content (AvgIpc) is 3.19. The Morgan fingerprint density at radius 2 is 1.50 bits per heavy atom. The number of benzene rings is 3. The predicted octanol–water partition coefficient (Wildman–Crippen LogP) is 5.96. The Balaban J connectivity index is 1.72. The van der Waals surface area contributed by atoms with Crippen LogP contribution in [0, 0.1) is 25.6 Å². The van der Waals surface area contributed by atoms with Crippen molar-refractivity contribution in [1.29, 1.82) is 0 Å². The molecule has 0 saturated carbocycles. The van der Waals surface area contributed by atoms with Gasteiger partial charge in [0.2, 0.25) is 0 Å². The zero-order chi connectivity index (χ0) is 19.4. The maximum Gasteiger partial charge on any atom is 0.170 e. The van der Waals surface area contributed by atoms with Gasteiger partial charge < -0.3 is 0 Å². The molecule has 2 aliphatic carbocycles. The molecule has 3 aromatic rings. The molecule has 0 fully saturated rings. The van der Waals surface area contributed by atoms with Crippen LogP contribution in [0.2, 0.25) is 0 Å². The first-order valence-electron chi connectivity index (χ1n) is 9.74. The van der Waals surface area contributed by atoms with E-state index in [2.05, 4.69) is 37.3 Å². The summed E-state index contributed by atoms with van der Waals surface area (Å²) in [6.07, 6.45) is 1.36. The van der Waals surface area contributed by atoms with Gasteiger partial charge in [0.05, 0.1) is 5.92 Å². The first-order chi connectivity index (χ1) is 13.5. The molecule has 0 spiro atoms. The van der Waals surface area contributed by atoms with E-state index in [1.165, 1.54) is 11.6 Å². The molecule has 1 unspecified atom stereocenters. The number of aryl methyl sites for hydroxylation is 2. The van der Waals surface area contributed by atoms with Crippen LogP contribution in [0.4, 0.5) is 4.39 Å². The second-order valence-corrected chi connectivity index (χ2v) is 7.99. The van der Waals surface area contributed by atoms with Gasteiger partial charge in [0, 0.05) is 11.1 Å². The molecule has 0 radical (unpaired) electrons. The number of hydrogen-bond acceptors (Lipinski definition) is 1. The maximum atomic E-state index is 14.7. The largest absolute Gasteiger partial charge is 0.293 e. The summed E-state index contributed by atoms with van der Waals surface area (Å²) in [7, 11) is 0. The van der Waals surface area contributed by atoms with E-state index in [1.807, 2.05) is 25.1 Å². The zero-order valence-electron chi connectivity index (χ0n) is 16.1. The summed E-state index contributed by atoms with van der Waals surface area (Å²) >= 11 is 0. The summed E-state index contributed by atoms with van der Waals surface area (Å²) in [6, 6.07) is 19.4. The highest BCUT2D eigenvalue weighted by Gasteiger charge is 2.38. The summed E-state index contributed by atoms with van der Waals surface area (Å²) in [6.45, 7) is 4.08. The summed E-state index contributed by atoms with van der Waals surface area (Å²) < 4.78 is 14.7. The molecule has 138 valence electrons. The van der Waals surface area contributed by atoms with Crippen LogP contribution >= 0.6 is 0 Å². The van der Waals surface area contributed by atoms with E-state index >= 15 is 0 Å². The fraction of sp³-hybridized carbons (Fsp3) is 0.192. The molecule has 0 aromatic heterocycles. The Hall–Kier alpha value is -3.00. The van der Waals surface area contributed by atoms with E-state index in [0.717, 1.165) is 39.0 Å². The van der Waals surface area contributed by atoms with Crippen LogP contribution < -0.4 is 0 Å². The van der Waals surface area contributed by atoms with Crippen LogP contribution in [0.25, 0.3) is 11.1 Å². The average molecular weight is 368 g/mol. The zero-order valence-corrected chi connectivity index (χ0v) is 16.1. The highest BCUT2D eigenvalue weighted by atomic mass is 19.1. The Morgan fingerprint density at radius 3 is 2.25 bits per heavy atom. The molecule has 2 aliphatic rings. The van der Waals surface area contributed by atoms with E-state index in [4.69, 9.17) is 0 Å². The third-order valence-electron chi connectivity index (χ3n) is 6.07. The second-order valence-electron chi connectivity index (χ2n) is 7.99. The van der Waals surface area contributed by atoms with Crippen molar-refractivity contribution in [3.63, 3.8) is 0 Å². The first-order valence-corrected chi connectivity index (χ1v) is 9.74. The lowest BCUT2D eigenvalue weighted by Crippen LogP contribution is -2.12. The van der Waals surface area contributed by atoms with Crippen LogP contribution in [0.1, 0.15) is 43.7 Å². The van der Waals surface area contributed by atoms with E-state index in [1.54, 1.807) is 6.07 Å². The van der Waals surface area contributed by atoms with Crippen molar-refractivity contribution in [1.82, 2.24) is 0 Å². The first kappa shape index (κ1) is 17.1. The van der Waals surface area contributed by atoms with E-state index < -0.39 is 0 Å². The van der Waals surface area contributed by atoms with E-state index in [9.17, 15) is 9.18 Å². The summed E-state index contributed by atoms with van der Waals surface area (Å²) in [5.41, 5.74) is 9.06. The minimum Gasteiger partial charge on any atom is -0.293 e. The summed E-state index contributed by atoms with van der Waals surface area (Å²) in [5.74, 6) is -0.301. The molecular formula is C26H21FO. The molecule has 5 rings (SSSR count). The number of rotatable bonds is 2. The number of Topliss-reactive ketones (excluding diaryl/α,β-unsaturated/α-hetero) is 1. The molecule has 0 aliphatic heterocycles.